The third-order valence-electron chi connectivity index (χ3n) is 6.44. The number of rotatable bonds is 10. The quantitative estimate of drug-likeness (QED) is 0.447. The Morgan fingerprint density at radius 1 is 1.17 bits per heavy atom. The van der Waals surface area contributed by atoms with Crippen molar-refractivity contribution in [1.82, 2.24) is 4.90 Å². The molecule has 6 heteroatoms. The van der Waals surface area contributed by atoms with Gasteiger partial charge in [0.15, 0.2) is 0 Å². The molecule has 0 unspecified atom stereocenters. The van der Waals surface area contributed by atoms with Crippen molar-refractivity contribution in [3.8, 4) is 6.07 Å². The van der Waals surface area contributed by atoms with Gasteiger partial charge in [0.05, 0.1) is 25.7 Å². The molecule has 0 radical (unpaired) electrons. The molecule has 1 aromatic rings. The summed E-state index contributed by atoms with van der Waals surface area (Å²) in [4.78, 5) is 1.95. The number of benzene rings is 1. The Morgan fingerprint density at radius 2 is 1.83 bits per heavy atom. The Labute approximate surface area is 172 Å². The lowest BCUT2D eigenvalue weighted by molar-refractivity contribution is -0.140. The SMILES string of the molecule is CC(C)[C@]1(CC#N)CC[C@H](N(CCOCc2ccccc2)CCC(F)(F)F)CC1. The van der Waals surface area contributed by atoms with E-state index in [4.69, 9.17) is 4.74 Å². The monoisotopic (exact) mass is 410 g/mol. The van der Waals surface area contributed by atoms with Crippen molar-refractivity contribution in [2.75, 3.05) is 19.7 Å². The summed E-state index contributed by atoms with van der Waals surface area (Å²) in [7, 11) is 0. The van der Waals surface area contributed by atoms with Gasteiger partial charge in [0.1, 0.15) is 0 Å². The molecule has 1 saturated carbocycles. The second kappa shape index (κ2) is 11.0. The Kier molecular flexibility index (Phi) is 8.98. The molecule has 0 spiro atoms. The summed E-state index contributed by atoms with van der Waals surface area (Å²) >= 11 is 0. The highest BCUT2D eigenvalue weighted by molar-refractivity contribution is 5.13. The van der Waals surface area contributed by atoms with Gasteiger partial charge in [-0.25, -0.2) is 0 Å². The van der Waals surface area contributed by atoms with Crippen LogP contribution in [0.2, 0.25) is 0 Å². The van der Waals surface area contributed by atoms with Gasteiger partial charge in [-0.2, -0.15) is 18.4 Å². The molecule has 162 valence electrons. The maximum absolute atomic E-state index is 12.8. The lowest BCUT2D eigenvalue weighted by Gasteiger charge is -2.45. The fourth-order valence-electron chi connectivity index (χ4n) is 4.35. The number of nitrogens with zero attached hydrogens (tertiary/aromatic N) is 2. The van der Waals surface area contributed by atoms with Crippen LogP contribution in [0, 0.1) is 22.7 Å². The smallest absolute Gasteiger partial charge is 0.375 e. The molecule has 0 saturated heterocycles. The van der Waals surface area contributed by atoms with E-state index in [9.17, 15) is 18.4 Å². The van der Waals surface area contributed by atoms with E-state index < -0.39 is 12.6 Å². The minimum absolute atomic E-state index is 0.00472. The molecule has 3 nitrogen and oxygen atoms in total. The van der Waals surface area contributed by atoms with Crippen molar-refractivity contribution < 1.29 is 17.9 Å². The Balaban J connectivity index is 1.90. The predicted molar refractivity (Wildman–Crippen MR) is 108 cm³/mol. The highest BCUT2D eigenvalue weighted by Gasteiger charge is 2.39. The molecule has 0 atom stereocenters. The summed E-state index contributed by atoms with van der Waals surface area (Å²) < 4.78 is 44.2. The molecule has 0 N–H and O–H groups in total. The molecule has 0 aromatic heterocycles. The van der Waals surface area contributed by atoms with Gasteiger partial charge in [0.25, 0.3) is 0 Å². The molecular formula is C23H33F3N2O. The van der Waals surface area contributed by atoms with Crippen molar-refractivity contribution in [2.24, 2.45) is 11.3 Å². The lowest BCUT2D eigenvalue weighted by Crippen LogP contribution is -2.45. The van der Waals surface area contributed by atoms with E-state index in [2.05, 4.69) is 19.9 Å². The second-order valence-electron chi connectivity index (χ2n) is 8.52. The van der Waals surface area contributed by atoms with Crippen LogP contribution in [0.4, 0.5) is 13.2 Å². The molecular weight excluding hydrogens is 377 g/mol. The largest absolute Gasteiger partial charge is 0.390 e. The molecule has 2 rings (SSSR count). The Morgan fingerprint density at radius 3 is 2.38 bits per heavy atom. The van der Waals surface area contributed by atoms with Gasteiger partial charge in [-0.15, -0.1) is 0 Å². The molecule has 29 heavy (non-hydrogen) atoms. The standard InChI is InChI=1S/C23H33F3N2O/c1-19(2)22(12-14-27)10-8-21(9-11-22)28(15-13-23(24,25)26)16-17-29-18-20-6-4-3-5-7-20/h3-7,19,21H,8-13,15-18H2,1-2H3/t21-,22+. The van der Waals surface area contributed by atoms with E-state index in [1.165, 1.54) is 0 Å². The van der Waals surface area contributed by atoms with Crippen LogP contribution < -0.4 is 0 Å². The van der Waals surface area contributed by atoms with Crippen molar-refractivity contribution in [3.05, 3.63) is 35.9 Å². The van der Waals surface area contributed by atoms with Gasteiger partial charge in [-0.1, -0.05) is 44.2 Å². The Bertz CT molecular complexity index is 632. The minimum atomic E-state index is -4.15. The summed E-state index contributed by atoms with van der Waals surface area (Å²) in [5.41, 5.74) is 1.07. The van der Waals surface area contributed by atoms with Gasteiger partial charge in [0.2, 0.25) is 0 Å². The van der Waals surface area contributed by atoms with E-state index in [1.807, 2.05) is 35.2 Å². The highest BCUT2D eigenvalue weighted by Crippen LogP contribution is 2.46. The van der Waals surface area contributed by atoms with Gasteiger partial charge in [-0.05, 0) is 42.6 Å². The zero-order valence-electron chi connectivity index (χ0n) is 17.5. The highest BCUT2D eigenvalue weighted by atomic mass is 19.4. The number of nitriles is 1. The molecule has 1 aliphatic rings. The zero-order valence-corrected chi connectivity index (χ0v) is 17.5. The van der Waals surface area contributed by atoms with Crippen LogP contribution in [0.5, 0.6) is 0 Å². The molecule has 0 bridgehead atoms. The fraction of sp³-hybridized carbons (Fsp3) is 0.696. The van der Waals surface area contributed by atoms with Crippen LogP contribution in [0.15, 0.2) is 30.3 Å². The zero-order chi connectivity index (χ0) is 21.3. The average molecular weight is 411 g/mol. The number of hydrogen-bond acceptors (Lipinski definition) is 3. The minimum Gasteiger partial charge on any atom is -0.375 e. The predicted octanol–water partition coefficient (Wildman–Crippen LogP) is 5.96. The average Bonchev–Trinajstić information content (AvgIpc) is 2.68. The number of alkyl halides is 3. The van der Waals surface area contributed by atoms with Gasteiger partial charge in [0, 0.05) is 25.6 Å². The van der Waals surface area contributed by atoms with Crippen LogP contribution in [0.1, 0.15) is 57.9 Å². The Hall–Kier alpha value is -1.58. The molecule has 1 aromatic carbocycles. The van der Waals surface area contributed by atoms with E-state index in [-0.39, 0.29) is 18.0 Å². The van der Waals surface area contributed by atoms with Crippen LogP contribution in [0.25, 0.3) is 0 Å². The number of halogens is 3. The first-order valence-electron chi connectivity index (χ1n) is 10.6. The normalized spacial score (nSPS) is 22.8. The van der Waals surface area contributed by atoms with Crippen molar-refractivity contribution in [1.29, 1.82) is 5.26 Å². The maximum Gasteiger partial charge on any atom is 0.390 e. The molecule has 0 heterocycles. The third kappa shape index (κ3) is 7.64. The maximum atomic E-state index is 12.8. The summed E-state index contributed by atoms with van der Waals surface area (Å²) in [6.45, 7) is 5.69. The van der Waals surface area contributed by atoms with E-state index >= 15 is 0 Å². The summed E-state index contributed by atoms with van der Waals surface area (Å²) in [6, 6.07) is 12.2. The molecule has 1 aliphatic carbocycles. The third-order valence-corrected chi connectivity index (χ3v) is 6.44. The lowest BCUT2D eigenvalue weighted by atomic mass is 9.64. The van der Waals surface area contributed by atoms with Crippen molar-refractivity contribution in [3.63, 3.8) is 0 Å². The fourth-order valence-corrected chi connectivity index (χ4v) is 4.35. The van der Waals surface area contributed by atoms with Crippen molar-refractivity contribution >= 4 is 0 Å². The number of ether oxygens (including phenoxy) is 1. The van der Waals surface area contributed by atoms with Gasteiger partial charge >= 0.3 is 6.18 Å². The van der Waals surface area contributed by atoms with E-state index in [0.717, 1.165) is 31.2 Å². The topological polar surface area (TPSA) is 36.3 Å². The van der Waals surface area contributed by atoms with Crippen LogP contribution >= 0.6 is 0 Å². The van der Waals surface area contributed by atoms with Crippen LogP contribution in [-0.4, -0.2) is 36.8 Å². The molecule has 1 fully saturated rings. The van der Waals surface area contributed by atoms with Gasteiger partial charge < -0.3 is 4.74 Å². The van der Waals surface area contributed by atoms with E-state index in [1.54, 1.807) is 0 Å². The van der Waals surface area contributed by atoms with Gasteiger partial charge in [-0.3, -0.25) is 4.90 Å². The molecule has 0 amide bonds. The van der Waals surface area contributed by atoms with E-state index in [0.29, 0.717) is 32.1 Å². The van der Waals surface area contributed by atoms with Crippen molar-refractivity contribution in [2.45, 2.75) is 71.2 Å². The summed E-state index contributed by atoms with van der Waals surface area (Å²) in [5.74, 6) is 0.404. The molecule has 0 aliphatic heterocycles. The van der Waals surface area contributed by atoms with Crippen LogP contribution in [-0.2, 0) is 11.3 Å². The first kappa shape index (κ1) is 23.7. The summed E-state index contributed by atoms with van der Waals surface area (Å²) in [6.07, 6.45) is -0.935. The first-order valence-corrected chi connectivity index (χ1v) is 10.6. The first-order chi connectivity index (χ1) is 13.8. The van der Waals surface area contributed by atoms with Crippen LogP contribution in [0.3, 0.4) is 0 Å². The number of hydrogen-bond donors (Lipinski definition) is 0. The second-order valence-corrected chi connectivity index (χ2v) is 8.52. The summed E-state index contributed by atoms with van der Waals surface area (Å²) in [5, 5.41) is 9.22.